The maximum Gasteiger partial charge on any atom is 0.455 e. The number of nitrogens with one attached hydrogen (secondary N) is 1. The van der Waals surface area contributed by atoms with Gasteiger partial charge in [0.2, 0.25) is 0 Å². The summed E-state index contributed by atoms with van der Waals surface area (Å²) in [4.78, 5) is 0. The topological polar surface area (TPSA) is 21.3 Å². The van der Waals surface area contributed by atoms with Gasteiger partial charge in [0.05, 0.1) is 7.11 Å². The fourth-order valence-corrected chi connectivity index (χ4v) is 2.56. The Morgan fingerprint density at radius 3 is 2.10 bits per heavy atom. The lowest BCUT2D eigenvalue weighted by molar-refractivity contribution is -0.312. The molecule has 1 saturated heterocycles. The Labute approximate surface area is 112 Å². The number of halogens is 5. The number of hydrogen-bond donors (Lipinski definition) is 1. The molecular weight excluding hydrogens is 281 g/mol. The van der Waals surface area contributed by atoms with E-state index >= 15 is 0 Å². The number of rotatable bonds is 3. The van der Waals surface area contributed by atoms with Crippen LogP contribution in [0, 0.1) is 0 Å². The molecule has 0 amide bonds. The zero-order valence-corrected chi connectivity index (χ0v) is 10.7. The first-order chi connectivity index (χ1) is 9.24. The fraction of sp³-hybridized carbons (Fsp3) is 0.538. The van der Waals surface area contributed by atoms with Crippen LogP contribution in [0.2, 0.25) is 0 Å². The molecule has 0 unspecified atom stereocenters. The standard InChI is InChI=1S/C13H14F5NO/c1-20-10-5-3-9(4-6-10)11(7-2-8-19-11)12(14,15)13(16,17)18/h3-6,19H,2,7-8H2,1H3/t11-/m0/s1. The summed E-state index contributed by atoms with van der Waals surface area (Å²) in [5, 5.41) is 2.36. The van der Waals surface area contributed by atoms with Gasteiger partial charge in [0.15, 0.2) is 0 Å². The molecule has 2 rings (SSSR count). The lowest BCUT2D eigenvalue weighted by Gasteiger charge is -2.38. The quantitative estimate of drug-likeness (QED) is 0.862. The minimum absolute atomic E-state index is 0.0851. The molecule has 1 heterocycles. The molecule has 0 saturated carbocycles. The summed E-state index contributed by atoms with van der Waals surface area (Å²) in [7, 11) is 1.39. The normalized spacial score (nSPS) is 23.9. The molecule has 0 bridgehead atoms. The molecule has 2 nitrogen and oxygen atoms in total. The van der Waals surface area contributed by atoms with Gasteiger partial charge in [0, 0.05) is 0 Å². The van der Waals surface area contributed by atoms with Gasteiger partial charge in [-0.05, 0) is 37.1 Å². The molecule has 1 N–H and O–H groups in total. The lowest BCUT2D eigenvalue weighted by Crippen LogP contribution is -2.59. The number of methoxy groups -OCH3 is 1. The van der Waals surface area contributed by atoms with Crippen LogP contribution >= 0.6 is 0 Å². The molecule has 1 atom stereocenters. The van der Waals surface area contributed by atoms with E-state index in [2.05, 4.69) is 5.32 Å². The highest BCUT2D eigenvalue weighted by molar-refractivity contribution is 5.35. The average molecular weight is 295 g/mol. The van der Waals surface area contributed by atoms with Gasteiger partial charge in [-0.1, -0.05) is 12.1 Å². The second-order valence-electron chi connectivity index (χ2n) is 4.74. The van der Waals surface area contributed by atoms with Gasteiger partial charge in [-0.2, -0.15) is 22.0 Å². The highest BCUT2D eigenvalue weighted by Crippen LogP contribution is 2.52. The van der Waals surface area contributed by atoms with Crippen molar-refractivity contribution in [3.8, 4) is 5.75 Å². The molecule has 0 aromatic heterocycles. The summed E-state index contributed by atoms with van der Waals surface area (Å²) in [5.41, 5.74) is -2.49. The van der Waals surface area contributed by atoms with E-state index in [0.29, 0.717) is 5.75 Å². The highest BCUT2D eigenvalue weighted by atomic mass is 19.4. The van der Waals surface area contributed by atoms with E-state index < -0.39 is 17.6 Å². The fourth-order valence-electron chi connectivity index (χ4n) is 2.56. The molecule has 112 valence electrons. The molecule has 7 heteroatoms. The van der Waals surface area contributed by atoms with Crippen LogP contribution < -0.4 is 10.1 Å². The first-order valence-electron chi connectivity index (χ1n) is 6.09. The Morgan fingerprint density at radius 1 is 1.10 bits per heavy atom. The summed E-state index contributed by atoms with van der Waals surface area (Å²) in [6, 6.07) is 5.25. The van der Waals surface area contributed by atoms with Crippen molar-refractivity contribution in [2.24, 2.45) is 0 Å². The molecule has 1 aliphatic rings. The Hall–Kier alpha value is -1.37. The van der Waals surface area contributed by atoms with E-state index in [0.717, 1.165) is 0 Å². The van der Waals surface area contributed by atoms with Crippen molar-refractivity contribution in [1.29, 1.82) is 0 Å². The Kier molecular flexibility index (Phi) is 3.66. The summed E-state index contributed by atoms with van der Waals surface area (Å²) < 4.78 is 71.0. The van der Waals surface area contributed by atoms with Crippen LogP contribution in [0.4, 0.5) is 22.0 Å². The van der Waals surface area contributed by atoms with Gasteiger partial charge in [-0.15, -0.1) is 0 Å². The molecule has 0 aliphatic carbocycles. The van der Waals surface area contributed by atoms with Crippen LogP contribution in [0.15, 0.2) is 24.3 Å². The summed E-state index contributed by atoms with van der Waals surface area (Å²) in [6.45, 7) is 0.123. The van der Waals surface area contributed by atoms with Gasteiger partial charge in [-0.25, -0.2) is 0 Å². The molecule has 0 radical (unpaired) electrons. The average Bonchev–Trinajstić information content (AvgIpc) is 2.88. The first kappa shape index (κ1) is 15.0. The van der Waals surface area contributed by atoms with E-state index in [1.807, 2.05) is 0 Å². The molecule has 1 fully saturated rings. The maximum absolute atomic E-state index is 13.9. The Bertz CT molecular complexity index is 463. The molecule has 20 heavy (non-hydrogen) atoms. The van der Waals surface area contributed by atoms with Crippen LogP contribution in [-0.2, 0) is 5.54 Å². The second-order valence-corrected chi connectivity index (χ2v) is 4.74. The van der Waals surface area contributed by atoms with Crippen molar-refractivity contribution in [3.63, 3.8) is 0 Å². The first-order valence-corrected chi connectivity index (χ1v) is 6.09. The third-order valence-electron chi connectivity index (χ3n) is 3.63. The van der Waals surface area contributed by atoms with E-state index in [-0.39, 0.29) is 24.9 Å². The van der Waals surface area contributed by atoms with E-state index in [1.54, 1.807) is 0 Å². The number of hydrogen-bond acceptors (Lipinski definition) is 2. The van der Waals surface area contributed by atoms with Gasteiger partial charge < -0.3 is 10.1 Å². The monoisotopic (exact) mass is 295 g/mol. The molecule has 1 aliphatic heterocycles. The molecule has 0 spiro atoms. The Balaban J connectivity index is 2.49. The predicted molar refractivity (Wildman–Crippen MR) is 62.9 cm³/mol. The van der Waals surface area contributed by atoms with Crippen LogP contribution in [-0.4, -0.2) is 25.8 Å². The van der Waals surface area contributed by atoms with E-state index in [1.165, 1.54) is 31.4 Å². The Morgan fingerprint density at radius 2 is 1.70 bits per heavy atom. The van der Waals surface area contributed by atoms with Gasteiger partial charge in [0.25, 0.3) is 0 Å². The van der Waals surface area contributed by atoms with Crippen molar-refractivity contribution < 1.29 is 26.7 Å². The molecule has 1 aromatic carbocycles. The van der Waals surface area contributed by atoms with Crippen molar-refractivity contribution in [2.45, 2.75) is 30.5 Å². The second kappa shape index (κ2) is 4.87. The van der Waals surface area contributed by atoms with Crippen LogP contribution in [0.25, 0.3) is 0 Å². The van der Waals surface area contributed by atoms with Gasteiger partial charge in [0.1, 0.15) is 11.3 Å². The summed E-state index contributed by atoms with van der Waals surface area (Å²) >= 11 is 0. The lowest BCUT2D eigenvalue weighted by atomic mass is 9.81. The number of alkyl halides is 5. The van der Waals surface area contributed by atoms with E-state index in [9.17, 15) is 22.0 Å². The minimum atomic E-state index is -5.61. The third-order valence-corrected chi connectivity index (χ3v) is 3.63. The highest BCUT2D eigenvalue weighted by Gasteiger charge is 2.71. The van der Waals surface area contributed by atoms with Crippen molar-refractivity contribution in [1.82, 2.24) is 5.32 Å². The van der Waals surface area contributed by atoms with Crippen LogP contribution in [0.5, 0.6) is 5.75 Å². The molecule has 1 aromatic rings. The van der Waals surface area contributed by atoms with Crippen molar-refractivity contribution in [2.75, 3.05) is 13.7 Å². The van der Waals surface area contributed by atoms with Crippen molar-refractivity contribution in [3.05, 3.63) is 29.8 Å². The third kappa shape index (κ3) is 2.13. The minimum Gasteiger partial charge on any atom is -0.497 e. The summed E-state index contributed by atoms with van der Waals surface area (Å²) in [5.74, 6) is -4.44. The SMILES string of the molecule is COc1ccc([C@]2(C(F)(F)C(F)(F)F)CCCN2)cc1. The van der Waals surface area contributed by atoms with Crippen LogP contribution in [0.3, 0.4) is 0 Å². The zero-order chi connectivity index (χ0) is 15.0. The van der Waals surface area contributed by atoms with E-state index in [4.69, 9.17) is 4.74 Å². The molecular formula is C13H14F5NO. The summed E-state index contributed by atoms with van der Waals surface area (Å²) in [6.07, 6.45) is -5.62. The van der Waals surface area contributed by atoms with Crippen LogP contribution in [0.1, 0.15) is 18.4 Å². The largest absolute Gasteiger partial charge is 0.497 e. The predicted octanol–water partition coefficient (Wildman–Crippen LogP) is 3.47. The van der Waals surface area contributed by atoms with Gasteiger partial charge >= 0.3 is 12.1 Å². The number of ether oxygens (including phenoxy) is 1. The van der Waals surface area contributed by atoms with Crippen molar-refractivity contribution >= 4 is 0 Å². The smallest absolute Gasteiger partial charge is 0.455 e. The maximum atomic E-state index is 13.9. The zero-order valence-electron chi connectivity index (χ0n) is 10.7. The number of benzene rings is 1. The van der Waals surface area contributed by atoms with Gasteiger partial charge in [-0.3, -0.25) is 0 Å².